The molecule has 0 aromatic carbocycles. The summed E-state index contributed by atoms with van der Waals surface area (Å²) in [5.41, 5.74) is 0. The Bertz CT molecular complexity index is 375. The van der Waals surface area contributed by atoms with Gasteiger partial charge in [0.1, 0.15) is 24.9 Å². The maximum Gasteiger partial charge on any atom is 0.325 e. The molecule has 0 spiro atoms. The van der Waals surface area contributed by atoms with Crippen molar-refractivity contribution in [2.75, 3.05) is 0 Å². The molecule has 0 rings (SSSR count). The topological polar surface area (TPSA) is 140 Å². The van der Waals surface area contributed by atoms with Crippen molar-refractivity contribution in [1.82, 2.24) is 10.1 Å². The molecule has 0 saturated carbocycles. The molecule has 0 aromatic heterocycles. The number of aliphatic hydroxyl groups excluding tert-OH is 4. The lowest BCUT2D eigenvalue weighted by atomic mass is 10.1. The summed E-state index contributed by atoms with van der Waals surface area (Å²) in [5, 5.41) is 39.2. The minimum absolute atomic E-state index is 0.162. The van der Waals surface area contributed by atoms with E-state index < -0.39 is 36.9 Å². The number of aliphatic hydroxyl groups is 4. The summed E-state index contributed by atoms with van der Waals surface area (Å²) in [6, 6.07) is 0. The van der Waals surface area contributed by atoms with Crippen LogP contribution >= 0.6 is 0 Å². The number of rotatable bonds is 14. The van der Waals surface area contributed by atoms with Gasteiger partial charge in [0.15, 0.2) is 0 Å². The minimum atomic E-state index is -1.10. The molecule has 0 bridgehead atoms. The Labute approximate surface area is 160 Å². The first kappa shape index (κ1) is 25.7. The summed E-state index contributed by atoms with van der Waals surface area (Å²) < 4.78 is 0. The standard InChI is InChI=1S/C17H34N2O8/c1-12(20)18(13(2)21)26-16(24)10-8-6-5-7-9-11-17(25)27-19(14(3)22)15(4)23/h12-15,20-23H,5-11H2,1-4H3. The fourth-order valence-corrected chi connectivity index (χ4v) is 2.32. The van der Waals surface area contributed by atoms with E-state index in [4.69, 9.17) is 9.68 Å². The van der Waals surface area contributed by atoms with Crippen LogP contribution in [0.4, 0.5) is 0 Å². The number of hydrogen-bond donors (Lipinski definition) is 4. The molecule has 0 aliphatic heterocycles. The molecule has 0 aliphatic carbocycles. The second-order valence-corrected chi connectivity index (χ2v) is 6.44. The predicted octanol–water partition coefficient (Wildman–Crippen LogP) is 0.591. The van der Waals surface area contributed by atoms with Crippen molar-refractivity contribution in [3.05, 3.63) is 0 Å². The quantitative estimate of drug-likeness (QED) is 0.188. The minimum Gasteiger partial charge on any atom is -0.375 e. The van der Waals surface area contributed by atoms with Gasteiger partial charge in [-0.05, 0) is 40.5 Å². The molecule has 27 heavy (non-hydrogen) atoms. The Kier molecular flexibility index (Phi) is 13.1. The lowest BCUT2D eigenvalue weighted by molar-refractivity contribution is -0.276. The highest BCUT2D eigenvalue weighted by atomic mass is 16.7. The fourth-order valence-electron chi connectivity index (χ4n) is 2.32. The van der Waals surface area contributed by atoms with Gasteiger partial charge < -0.3 is 30.1 Å². The molecule has 4 unspecified atom stereocenters. The second kappa shape index (κ2) is 13.8. The van der Waals surface area contributed by atoms with Gasteiger partial charge in [-0.1, -0.05) is 29.4 Å². The molecular weight excluding hydrogens is 360 g/mol. The molecule has 0 fully saturated rings. The van der Waals surface area contributed by atoms with Crippen LogP contribution in [-0.2, 0) is 19.3 Å². The maximum absolute atomic E-state index is 11.7. The second-order valence-electron chi connectivity index (χ2n) is 6.44. The predicted molar refractivity (Wildman–Crippen MR) is 94.9 cm³/mol. The first-order valence-electron chi connectivity index (χ1n) is 9.26. The number of hydroxylamine groups is 4. The van der Waals surface area contributed by atoms with Crippen LogP contribution in [0.1, 0.15) is 72.6 Å². The van der Waals surface area contributed by atoms with Crippen LogP contribution in [-0.4, -0.2) is 67.4 Å². The molecule has 10 nitrogen and oxygen atoms in total. The summed E-state index contributed by atoms with van der Waals surface area (Å²) in [6.45, 7) is 5.53. The summed E-state index contributed by atoms with van der Waals surface area (Å²) >= 11 is 0. The van der Waals surface area contributed by atoms with Crippen molar-refractivity contribution in [2.45, 2.75) is 97.6 Å². The Balaban J connectivity index is 3.83. The molecular formula is C17H34N2O8. The molecule has 0 saturated heterocycles. The number of unbranched alkanes of at least 4 members (excludes halogenated alkanes) is 4. The van der Waals surface area contributed by atoms with Crippen molar-refractivity contribution < 1.29 is 39.7 Å². The molecule has 0 amide bonds. The van der Waals surface area contributed by atoms with Crippen LogP contribution in [0.25, 0.3) is 0 Å². The van der Waals surface area contributed by atoms with Crippen LogP contribution in [0.15, 0.2) is 0 Å². The van der Waals surface area contributed by atoms with Crippen LogP contribution in [0.2, 0.25) is 0 Å². The molecule has 160 valence electrons. The number of hydrogen-bond acceptors (Lipinski definition) is 10. The largest absolute Gasteiger partial charge is 0.375 e. The van der Waals surface area contributed by atoms with Gasteiger partial charge in [-0.3, -0.25) is 9.59 Å². The Morgan fingerprint density at radius 3 is 1.15 bits per heavy atom. The number of nitrogens with zero attached hydrogens (tertiary/aromatic N) is 2. The summed E-state index contributed by atoms with van der Waals surface area (Å²) in [6.07, 6.45) is -0.566. The lowest BCUT2D eigenvalue weighted by Crippen LogP contribution is -2.41. The van der Waals surface area contributed by atoms with E-state index in [1.807, 2.05) is 0 Å². The van der Waals surface area contributed by atoms with E-state index >= 15 is 0 Å². The smallest absolute Gasteiger partial charge is 0.325 e. The van der Waals surface area contributed by atoms with Crippen LogP contribution in [0.3, 0.4) is 0 Å². The Morgan fingerprint density at radius 1 is 0.630 bits per heavy atom. The van der Waals surface area contributed by atoms with E-state index in [9.17, 15) is 30.0 Å². The van der Waals surface area contributed by atoms with Gasteiger partial charge in [0.05, 0.1) is 0 Å². The third-order valence-corrected chi connectivity index (χ3v) is 3.65. The monoisotopic (exact) mass is 394 g/mol. The van der Waals surface area contributed by atoms with Gasteiger partial charge in [0.2, 0.25) is 0 Å². The third kappa shape index (κ3) is 11.9. The van der Waals surface area contributed by atoms with Crippen LogP contribution in [0.5, 0.6) is 0 Å². The molecule has 4 atom stereocenters. The SMILES string of the molecule is CC(O)N(OC(=O)CCCCCCCC(=O)ON(C(C)O)C(C)O)C(C)O. The van der Waals surface area contributed by atoms with Crippen LogP contribution in [0, 0.1) is 0 Å². The zero-order chi connectivity index (χ0) is 21.0. The highest BCUT2D eigenvalue weighted by Gasteiger charge is 2.22. The first-order chi connectivity index (χ1) is 12.6. The molecule has 10 heteroatoms. The molecule has 0 radical (unpaired) electrons. The average molecular weight is 394 g/mol. The van der Waals surface area contributed by atoms with Gasteiger partial charge in [-0.2, -0.15) is 0 Å². The summed E-state index contributed by atoms with van der Waals surface area (Å²) in [7, 11) is 0. The van der Waals surface area contributed by atoms with Crippen molar-refractivity contribution in [2.24, 2.45) is 0 Å². The average Bonchev–Trinajstić information content (AvgIpc) is 2.55. The number of carbonyl (C=O) groups is 2. The first-order valence-corrected chi connectivity index (χ1v) is 9.26. The van der Waals surface area contributed by atoms with Crippen molar-refractivity contribution in [3.8, 4) is 0 Å². The zero-order valence-corrected chi connectivity index (χ0v) is 16.6. The Hall–Kier alpha value is -1.30. The zero-order valence-electron chi connectivity index (χ0n) is 16.6. The van der Waals surface area contributed by atoms with Crippen molar-refractivity contribution >= 4 is 11.9 Å². The van der Waals surface area contributed by atoms with Gasteiger partial charge >= 0.3 is 11.9 Å². The number of carbonyl (C=O) groups excluding carboxylic acids is 2. The van der Waals surface area contributed by atoms with Crippen molar-refractivity contribution in [1.29, 1.82) is 0 Å². The van der Waals surface area contributed by atoms with Gasteiger partial charge in [-0.25, -0.2) is 0 Å². The molecule has 0 heterocycles. The normalized spacial score (nSPS) is 16.1. The third-order valence-electron chi connectivity index (χ3n) is 3.65. The summed E-state index contributed by atoms with van der Waals surface area (Å²) in [5.74, 6) is -1.06. The van der Waals surface area contributed by atoms with E-state index in [1.54, 1.807) is 0 Å². The summed E-state index contributed by atoms with van der Waals surface area (Å²) in [4.78, 5) is 33.1. The molecule has 4 N–H and O–H groups in total. The highest BCUT2D eigenvalue weighted by molar-refractivity contribution is 5.69. The molecule has 0 aliphatic rings. The van der Waals surface area contributed by atoms with E-state index in [1.165, 1.54) is 27.7 Å². The Morgan fingerprint density at radius 2 is 0.889 bits per heavy atom. The van der Waals surface area contributed by atoms with E-state index in [0.29, 0.717) is 12.8 Å². The maximum atomic E-state index is 11.7. The van der Waals surface area contributed by atoms with Gasteiger partial charge in [0.25, 0.3) is 0 Å². The lowest BCUT2D eigenvalue weighted by Gasteiger charge is -2.26. The molecule has 0 aromatic rings. The van der Waals surface area contributed by atoms with Gasteiger partial charge in [0, 0.05) is 12.8 Å². The fraction of sp³-hybridized carbons (Fsp3) is 0.882. The van der Waals surface area contributed by atoms with Crippen molar-refractivity contribution in [3.63, 3.8) is 0 Å². The van der Waals surface area contributed by atoms with Crippen LogP contribution < -0.4 is 0 Å². The van der Waals surface area contributed by atoms with Gasteiger partial charge in [-0.15, -0.1) is 0 Å². The highest BCUT2D eigenvalue weighted by Crippen LogP contribution is 2.11. The van der Waals surface area contributed by atoms with E-state index in [-0.39, 0.29) is 12.8 Å². The van der Waals surface area contributed by atoms with E-state index in [2.05, 4.69) is 0 Å². The van der Waals surface area contributed by atoms with E-state index in [0.717, 1.165) is 29.4 Å².